The van der Waals surface area contributed by atoms with Crippen LogP contribution in [0.5, 0.6) is 5.75 Å². The normalized spacial score (nSPS) is 10.9. The Morgan fingerprint density at radius 2 is 1.85 bits per heavy atom. The molecule has 0 saturated heterocycles. The van der Waals surface area contributed by atoms with Crippen LogP contribution in [-0.4, -0.2) is 32.7 Å². The Hall–Kier alpha value is -3.14. The zero-order valence-electron chi connectivity index (χ0n) is 15.0. The molecule has 2 aromatic carbocycles. The molecule has 0 fully saturated rings. The highest BCUT2D eigenvalue weighted by molar-refractivity contribution is 7.92. The molecule has 0 spiro atoms. The lowest BCUT2D eigenvalue weighted by molar-refractivity contribution is -0.384. The smallest absolute Gasteiger partial charge is 0.410 e. The van der Waals surface area contributed by atoms with Gasteiger partial charge in [-0.2, -0.15) is 0 Å². The monoisotopic (exact) mass is 393 g/mol. The number of carbonyl (C=O) groups is 1. The van der Waals surface area contributed by atoms with E-state index in [0.717, 1.165) is 16.1 Å². The molecule has 1 amide bonds. The lowest BCUT2D eigenvalue weighted by Crippen LogP contribution is -2.29. The number of ether oxygens (including phenoxy) is 1. The molecule has 10 heteroatoms. The van der Waals surface area contributed by atoms with Crippen LogP contribution in [0.2, 0.25) is 0 Å². The average Bonchev–Trinajstić information content (AvgIpc) is 2.59. The second-order valence-electron chi connectivity index (χ2n) is 5.86. The van der Waals surface area contributed by atoms with Crippen LogP contribution in [0.3, 0.4) is 0 Å². The van der Waals surface area contributed by atoms with Crippen LogP contribution < -0.4 is 14.4 Å². The Labute approximate surface area is 156 Å². The summed E-state index contributed by atoms with van der Waals surface area (Å²) >= 11 is 0. The zero-order valence-corrected chi connectivity index (χ0v) is 15.8. The predicted molar refractivity (Wildman–Crippen MR) is 100 cm³/mol. The third-order valence-corrected chi connectivity index (χ3v) is 4.94. The van der Waals surface area contributed by atoms with Gasteiger partial charge in [0, 0.05) is 25.7 Å². The van der Waals surface area contributed by atoms with Crippen LogP contribution in [0.15, 0.2) is 42.5 Å². The second kappa shape index (κ2) is 8.04. The number of hydrogen-bond donors (Lipinski definition) is 1. The van der Waals surface area contributed by atoms with E-state index in [2.05, 4.69) is 5.32 Å². The standard InChI is InChI=1S/C17H19N3O6S/c1-12-4-9-16(19(2)27(3,24)25)13(10-12)11-18-17(21)26-15-7-5-14(6-8-15)20(22)23/h4-10H,11H2,1-3H3,(H,18,21). The summed E-state index contributed by atoms with van der Waals surface area (Å²) < 4.78 is 29.8. The highest BCUT2D eigenvalue weighted by Crippen LogP contribution is 2.23. The Bertz CT molecular complexity index is 957. The van der Waals surface area contributed by atoms with E-state index in [9.17, 15) is 23.3 Å². The van der Waals surface area contributed by atoms with Crippen molar-refractivity contribution in [2.75, 3.05) is 17.6 Å². The van der Waals surface area contributed by atoms with Crippen molar-refractivity contribution >= 4 is 27.5 Å². The summed E-state index contributed by atoms with van der Waals surface area (Å²) in [6, 6.07) is 10.3. The predicted octanol–water partition coefficient (Wildman–Crippen LogP) is 2.59. The Morgan fingerprint density at radius 3 is 2.41 bits per heavy atom. The summed E-state index contributed by atoms with van der Waals surface area (Å²) in [5, 5.41) is 13.2. The molecule has 0 saturated carbocycles. The van der Waals surface area contributed by atoms with Gasteiger partial charge in [-0.15, -0.1) is 0 Å². The summed E-state index contributed by atoms with van der Waals surface area (Å²) in [6.07, 6.45) is 0.325. The van der Waals surface area contributed by atoms with E-state index in [1.807, 2.05) is 6.92 Å². The lowest BCUT2D eigenvalue weighted by Gasteiger charge is -2.21. The summed E-state index contributed by atoms with van der Waals surface area (Å²) in [5.41, 5.74) is 1.83. The highest BCUT2D eigenvalue weighted by atomic mass is 32.2. The van der Waals surface area contributed by atoms with Crippen molar-refractivity contribution in [2.45, 2.75) is 13.5 Å². The van der Waals surface area contributed by atoms with Crippen molar-refractivity contribution in [3.63, 3.8) is 0 Å². The molecule has 0 bridgehead atoms. The summed E-state index contributed by atoms with van der Waals surface area (Å²) in [4.78, 5) is 22.0. The molecule has 144 valence electrons. The molecule has 0 atom stereocenters. The van der Waals surface area contributed by atoms with Crippen LogP contribution >= 0.6 is 0 Å². The van der Waals surface area contributed by atoms with Crippen LogP contribution in [0.4, 0.5) is 16.2 Å². The Morgan fingerprint density at radius 1 is 1.22 bits per heavy atom. The number of nitro benzene ring substituents is 1. The quantitative estimate of drug-likeness (QED) is 0.595. The maximum absolute atomic E-state index is 12.0. The minimum Gasteiger partial charge on any atom is -0.410 e. The molecule has 27 heavy (non-hydrogen) atoms. The van der Waals surface area contributed by atoms with Gasteiger partial charge in [-0.1, -0.05) is 17.7 Å². The molecular weight excluding hydrogens is 374 g/mol. The van der Waals surface area contributed by atoms with Gasteiger partial charge in [-0.3, -0.25) is 14.4 Å². The van der Waals surface area contributed by atoms with Gasteiger partial charge in [0.1, 0.15) is 5.75 Å². The first kappa shape index (κ1) is 20.2. The van der Waals surface area contributed by atoms with Gasteiger partial charge in [-0.05, 0) is 30.7 Å². The molecule has 9 nitrogen and oxygen atoms in total. The number of nitrogens with one attached hydrogen (secondary N) is 1. The SMILES string of the molecule is Cc1ccc(N(C)S(C)(=O)=O)c(CNC(=O)Oc2ccc([N+](=O)[O-])cc2)c1. The summed E-state index contributed by atoms with van der Waals surface area (Å²) in [7, 11) is -2.03. The second-order valence-corrected chi connectivity index (χ2v) is 7.87. The van der Waals surface area contributed by atoms with Crippen LogP contribution in [0.1, 0.15) is 11.1 Å². The number of nitrogens with zero attached hydrogens (tertiary/aromatic N) is 2. The van der Waals surface area contributed by atoms with Crippen LogP contribution in [-0.2, 0) is 16.6 Å². The fourth-order valence-corrected chi connectivity index (χ4v) is 2.82. The van der Waals surface area contributed by atoms with Gasteiger partial charge in [0.05, 0.1) is 16.9 Å². The van der Waals surface area contributed by atoms with Crippen molar-refractivity contribution in [2.24, 2.45) is 0 Å². The van der Waals surface area contributed by atoms with Crippen LogP contribution in [0, 0.1) is 17.0 Å². The van der Waals surface area contributed by atoms with Gasteiger partial charge in [0.2, 0.25) is 10.0 Å². The Kier molecular flexibility index (Phi) is 6.01. The van der Waals surface area contributed by atoms with E-state index < -0.39 is 21.0 Å². The molecule has 0 aliphatic rings. The van der Waals surface area contributed by atoms with E-state index in [1.165, 1.54) is 31.3 Å². The molecule has 0 unspecified atom stereocenters. The van der Waals surface area contributed by atoms with E-state index in [0.29, 0.717) is 11.3 Å². The molecule has 0 heterocycles. The van der Waals surface area contributed by atoms with Gasteiger partial charge in [0.15, 0.2) is 0 Å². The first-order valence-corrected chi connectivity index (χ1v) is 9.66. The van der Waals surface area contributed by atoms with E-state index in [1.54, 1.807) is 18.2 Å². The molecule has 0 aromatic heterocycles. The maximum Gasteiger partial charge on any atom is 0.412 e. The summed E-state index contributed by atoms with van der Waals surface area (Å²) in [6.45, 7) is 1.89. The van der Waals surface area contributed by atoms with Crippen molar-refractivity contribution in [1.82, 2.24) is 5.32 Å². The molecule has 0 radical (unpaired) electrons. The highest BCUT2D eigenvalue weighted by Gasteiger charge is 2.16. The number of non-ortho nitro benzene ring substituents is 1. The third-order valence-electron chi connectivity index (χ3n) is 3.75. The first-order chi connectivity index (χ1) is 12.6. The zero-order chi connectivity index (χ0) is 20.2. The molecule has 0 aliphatic carbocycles. The molecular formula is C17H19N3O6S. The van der Waals surface area contributed by atoms with Crippen molar-refractivity contribution < 1.29 is 22.9 Å². The van der Waals surface area contributed by atoms with Gasteiger partial charge in [0.25, 0.3) is 5.69 Å². The topological polar surface area (TPSA) is 119 Å². The van der Waals surface area contributed by atoms with Crippen molar-refractivity contribution in [3.8, 4) is 5.75 Å². The van der Waals surface area contributed by atoms with E-state index in [4.69, 9.17) is 4.74 Å². The van der Waals surface area contributed by atoms with Gasteiger partial charge < -0.3 is 10.1 Å². The number of sulfonamides is 1. The van der Waals surface area contributed by atoms with E-state index >= 15 is 0 Å². The molecule has 0 aliphatic heterocycles. The fraction of sp³-hybridized carbons (Fsp3) is 0.235. The minimum atomic E-state index is -3.46. The number of carbonyl (C=O) groups excluding carboxylic acids is 1. The van der Waals surface area contributed by atoms with Crippen molar-refractivity contribution in [1.29, 1.82) is 0 Å². The Balaban J connectivity index is 2.08. The summed E-state index contributed by atoms with van der Waals surface area (Å²) in [5.74, 6) is 0.149. The lowest BCUT2D eigenvalue weighted by atomic mass is 10.1. The number of rotatable bonds is 6. The van der Waals surface area contributed by atoms with Gasteiger partial charge >= 0.3 is 6.09 Å². The van der Waals surface area contributed by atoms with Crippen molar-refractivity contribution in [3.05, 3.63) is 63.7 Å². The average molecular weight is 393 g/mol. The number of amides is 1. The van der Waals surface area contributed by atoms with E-state index in [-0.39, 0.29) is 18.0 Å². The van der Waals surface area contributed by atoms with Crippen LogP contribution in [0.25, 0.3) is 0 Å². The third kappa shape index (κ3) is 5.42. The van der Waals surface area contributed by atoms with Gasteiger partial charge in [-0.25, -0.2) is 13.2 Å². The molecule has 2 rings (SSSR count). The molecule has 2 aromatic rings. The number of hydrogen-bond acceptors (Lipinski definition) is 6. The number of anilines is 1. The number of benzene rings is 2. The fourth-order valence-electron chi connectivity index (χ4n) is 2.29. The minimum absolute atomic E-state index is 0.0443. The maximum atomic E-state index is 12.0. The first-order valence-electron chi connectivity index (χ1n) is 7.81. The number of nitro groups is 1. The number of aryl methyl sites for hydroxylation is 1. The largest absolute Gasteiger partial charge is 0.412 e. The molecule has 1 N–H and O–H groups in total.